The maximum Gasteiger partial charge on any atom is 0.261 e. The molecule has 6 nitrogen and oxygen atoms in total. The van der Waals surface area contributed by atoms with Gasteiger partial charge in [-0.15, -0.1) is 0 Å². The molecule has 0 radical (unpaired) electrons. The highest BCUT2D eigenvalue weighted by Crippen LogP contribution is 2.34. The van der Waals surface area contributed by atoms with Gasteiger partial charge in [0.05, 0.1) is 18.0 Å². The van der Waals surface area contributed by atoms with Gasteiger partial charge in [0.2, 0.25) is 10.0 Å². The smallest absolute Gasteiger partial charge is 0.261 e. The Morgan fingerprint density at radius 1 is 1.14 bits per heavy atom. The van der Waals surface area contributed by atoms with Crippen LogP contribution in [0.25, 0.3) is 0 Å². The maximum absolute atomic E-state index is 13.1. The monoisotopic (exact) mass is 416 g/mol. The molecule has 1 aliphatic heterocycles. The zero-order valence-corrected chi connectivity index (χ0v) is 17.9. The minimum atomic E-state index is -3.47. The quantitative estimate of drug-likeness (QED) is 0.782. The summed E-state index contributed by atoms with van der Waals surface area (Å²) >= 11 is 0. The normalized spacial score (nSPS) is 17.8. The summed E-state index contributed by atoms with van der Waals surface area (Å²) in [7, 11) is -3.47. The molecule has 1 heterocycles. The zero-order chi connectivity index (χ0) is 21.0. The number of amides is 1. The SMILES string of the molecule is CC(C)CC(NC(=O)C1CCN(S(C)(=O)=O)c2ccccc2O1)c1ccccc1. The molecule has 0 aliphatic carbocycles. The molecule has 0 spiro atoms. The first kappa shape index (κ1) is 21.2. The minimum absolute atomic E-state index is 0.128. The largest absolute Gasteiger partial charge is 0.478 e. The second-order valence-corrected chi connectivity index (χ2v) is 9.71. The highest BCUT2D eigenvalue weighted by molar-refractivity contribution is 7.92. The second kappa shape index (κ2) is 8.86. The Morgan fingerprint density at radius 3 is 2.45 bits per heavy atom. The Bertz CT molecular complexity index is 944. The molecule has 7 heteroatoms. The predicted molar refractivity (Wildman–Crippen MR) is 114 cm³/mol. The number of anilines is 1. The van der Waals surface area contributed by atoms with E-state index in [1.165, 1.54) is 4.31 Å². The Kier molecular flexibility index (Phi) is 6.47. The number of nitrogens with one attached hydrogen (secondary N) is 1. The number of carbonyl (C=O) groups excluding carboxylic acids is 1. The van der Waals surface area contributed by atoms with E-state index in [-0.39, 0.29) is 24.9 Å². The standard InChI is InChI=1S/C22H28N2O4S/c1-16(2)15-18(17-9-5-4-6-10-17)23-22(25)21-13-14-24(29(3,26)27)19-11-7-8-12-20(19)28-21/h4-12,16,18,21H,13-15H2,1-3H3,(H,23,25). The summed E-state index contributed by atoms with van der Waals surface area (Å²) in [6.45, 7) is 4.42. The molecule has 0 bridgehead atoms. The lowest BCUT2D eigenvalue weighted by molar-refractivity contribution is -0.129. The van der Waals surface area contributed by atoms with Gasteiger partial charge in [-0.25, -0.2) is 8.42 Å². The number of fused-ring (bicyclic) bond motifs is 1. The molecule has 156 valence electrons. The number of hydrogen-bond acceptors (Lipinski definition) is 4. The number of ether oxygens (including phenoxy) is 1. The van der Waals surface area contributed by atoms with Gasteiger partial charge in [0.25, 0.3) is 5.91 Å². The molecule has 2 aromatic rings. The van der Waals surface area contributed by atoms with Crippen LogP contribution in [-0.2, 0) is 14.8 Å². The van der Waals surface area contributed by atoms with E-state index in [9.17, 15) is 13.2 Å². The van der Waals surface area contributed by atoms with Gasteiger partial charge in [0.1, 0.15) is 5.75 Å². The van der Waals surface area contributed by atoms with Gasteiger partial charge in [0.15, 0.2) is 6.10 Å². The fourth-order valence-corrected chi connectivity index (χ4v) is 4.50. The van der Waals surface area contributed by atoms with Gasteiger partial charge >= 0.3 is 0 Å². The summed E-state index contributed by atoms with van der Waals surface area (Å²) < 4.78 is 31.7. The van der Waals surface area contributed by atoms with E-state index >= 15 is 0 Å². The molecule has 0 saturated carbocycles. The molecule has 3 rings (SSSR count). The number of carbonyl (C=O) groups is 1. The molecule has 1 aliphatic rings. The van der Waals surface area contributed by atoms with E-state index in [1.54, 1.807) is 24.3 Å². The van der Waals surface area contributed by atoms with E-state index in [0.717, 1.165) is 18.2 Å². The summed E-state index contributed by atoms with van der Waals surface area (Å²) in [6.07, 6.45) is 1.48. The molecule has 1 amide bonds. The molecule has 29 heavy (non-hydrogen) atoms. The predicted octanol–water partition coefficient (Wildman–Crippen LogP) is 3.51. The maximum atomic E-state index is 13.1. The minimum Gasteiger partial charge on any atom is -0.478 e. The first-order valence-corrected chi connectivity index (χ1v) is 11.7. The van der Waals surface area contributed by atoms with E-state index in [0.29, 0.717) is 17.4 Å². The number of benzene rings is 2. The van der Waals surface area contributed by atoms with Crippen molar-refractivity contribution in [2.24, 2.45) is 5.92 Å². The Hall–Kier alpha value is -2.54. The summed E-state index contributed by atoms with van der Waals surface area (Å²) in [5, 5.41) is 3.11. The second-order valence-electron chi connectivity index (χ2n) is 7.80. The zero-order valence-electron chi connectivity index (χ0n) is 17.0. The van der Waals surface area contributed by atoms with Crippen molar-refractivity contribution < 1.29 is 17.9 Å². The molecular formula is C22H28N2O4S. The summed E-state index contributed by atoms with van der Waals surface area (Å²) in [5.41, 5.74) is 1.51. The first-order chi connectivity index (χ1) is 13.8. The van der Waals surface area contributed by atoms with Gasteiger partial charge in [0, 0.05) is 13.0 Å². The van der Waals surface area contributed by atoms with E-state index < -0.39 is 16.1 Å². The molecule has 2 atom stereocenters. The average molecular weight is 417 g/mol. The van der Waals surface area contributed by atoms with Crippen LogP contribution in [0.2, 0.25) is 0 Å². The molecule has 1 N–H and O–H groups in total. The molecule has 2 unspecified atom stereocenters. The number of para-hydroxylation sites is 2. The van der Waals surface area contributed by atoms with Crippen molar-refractivity contribution in [2.75, 3.05) is 17.1 Å². The van der Waals surface area contributed by atoms with Gasteiger partial charge in [-0.05, 0) is 30.0 Å². The topological polar surface area (TPSA) is 75.7 Å². The molecular weight excluding hydrogens is 388 g/mol. The van der Waals surface area contributed by atoms with Crippen LogP contribution in [0, 0.1) is 5.92 Å². The van der Waals surface area contributed by atoms with Gasteiger partial charge in [-0.3, -0.25) is 9.10 Å². The molecule has 0 saturated heterocycles. The van der Waals surface area contributed by atoms with Crippen LogP contribution < -0.4 is 14.4 Å². The molecule has 2 aromatic carbocycles. The van der Waals surface area contributed by atoms with Crippen LogP contribution in [0.4, 0.5) is 5.69 Å². The van der Waals surface area contributed by atoms with Gasteiger partial charge in [-0.2, -0.15) is 0 Å². The highest BCUT2D eigenvalue weighted by atomic mass is 32.2. The number of sulfonamides is 1. The lowest BCUT2D eigenvalue weighted by Crippen LogP contribution is -2.41. The van der Waals surface area contributed by atoms with Crippen molar-refractivity contribution in [3.8, 4) is 5.75 Å². The van der Waals surface area contributed by atoms with Crippen molar-refractivity contribution in [1.82, 2.24) is 5.32 Å². The summed E-state index contributed by atoms with van der Waals surface area (Å²) in [5.74, 6) is 0.567. The number of hydrogen-bond donors (Lipinski definition) is 1. The van der Waals surface area contributed by atoms with Crippen LogP contribution in [0.3, 0.4) is 0 Å². The van der Waals surface area contributed by atoms with Crippen molar-refractivity contribution in [3.05, 3.63) is 60.2 Å². The van der Waals surface area contributed by atoms with Gasteiger partial charge in [-0.1, -0.05) is 56.3 Å². The van der Waals surface area contributed by atoms with Crippen LogP contribution in [0.15, 0.2) is 54.6 Å². The fraction of sp³-hybridized carbons (Fsp3) is 0.409. The van der Waals surface area contributed by atoms with Crippen LogP contribution in [-0.4, -0.2) is 33.2 Å². The van der Waals surface area contributed by atoms with Crippen molar-refractivity contribution in [3.63, 3.8) is 0 Å². The fourth-order valence-electron chi connectivity index (χ4n) is 3.56. The highest BCUT2D eigenvalue weighted by Gasteiger charge is 2.32. The third kappa shape index (κ3) is 5.29. The lowest BCUT2D eigenvalue weighted by Gasteiger charge is -2.24. The Morgan fingerprint density at radius 2 is 1.79 bits per heavy atom. The van der Waals surface area contributed by atoms with E-state index in [4.69, 9.17) is 4.74 Å². The molecule has 0 aromatic heterocycles. The van der Waals surface area contributed by atoms with Crippen LogP contribution in [0.5, 0.6) is 5.75 Å². The first-order valence-electron chi connectivity index (χ1n) is 9.84. The van der Waals surface area contributed by atoms with Crippen molar-refractivity contribution in [2.45, 2.75) is 38.8 Å². The van der Waals surface area contributed by atoms with Crippen molar-refractivity contribution in [1.29, 1.82) is 0 Å². The van der Waals surface area contributed by atoms with Crippen LogP contribution >= 0.6 is 0 Å². The van der Waals surface area contributed by atoms with E-state index in [2.05, 4.69) is 19.2 Å². The molecule has 0 fully saturated rings. The number of rotatable bonds is 6. The third-order valence-electron chi connectivity index (χ3n) is 4.92. The number of nitrogens with zero attached hydrogens (tertiary/aromatic N) is 1. The average Bonchev–Trinajstić information content (AvgIpc) is 2.87. The Balaban J connectivity index is 1.82. The van der Waals surface area contributed by atoms with Crippen molar-refractivity contribution >= 4 is 21.6 Å². The van der Waals surface area contributed by atoms with Crippen LogP contribution in [0.1, 0.15) is 38.3 Å². The lowest BCUT2D eigenvalue weighted by atomic mass is 9.96. The third-order valence-corrected chi connectivity index (χ3v) is 6.10. The van der Waals surface area contributed by atoms with Gasteiger partial charge < -0.3 is 10.1 Å². The summed E-state index contributed by atoms with van der Waals surface area (Å²) in [4.78, 5) is 13.1. The Labute approximate surface area is 172 Å². The summed E-state index contributed by atoms with van der Waals surface area (Å²) in [6, 6.07) is 16.7. The van der Waals surface area contributed by atoms with E-state index in [1.807, 2.05) is 30.3 Å².